The van der Waals surface area contributed by atoms with Gasteiger partial charge in [-0.3, -0.25) is 4.98 Å². The van der Waals surface area contributed by atoms with Gasteiger partial charge < -0.3 is 14.6 Å². The van der Waals surface area contributed by atoms with Crippen LogP contribution in [0.25, 0.3) is 0 Å². The molecule has 0 radical (unpaired) electrons. The lowest BCUT2D eigenvalue weighted by molar-refractivity contribution is 0.0696. The third kappa shape index (κ3) is 3.23. The first kappa shape index (κ1) is 13.8. The van der Waals surface area contributed by atoms with Crippen molar-refractivity contribution in [2.24, 2.45) is 0 Å². The molecule has 0 atom stereocenters. The Morgan fingerprint density at radius 2 is 2.10 bits per heavy atom. The van der Waals surface area contributed by atoms with Gasteiger partial charge in [-0.25, -0.2) is 9.18 Å². The van der Waals surface area contributed by atoms with E-state index in [1.165, 1.54) is 31.6 Å². The Balaban J connectivity index is 2.09. The Labute approximate surface area is 114 Å². The van der Waals surface area contributed by atoms with Gasteiger partial charge in [0.05, 0.1) is 18.9 Å². The van der Waals surface area contributed by atoms with E-state index < -0.39 is 11.8 Å². The first-order valence-corrected chi connectivity index (χ1v) is 5.73. The van der Waals surface area contributed by atoms with E-state index in [9.17, 15) is 9.18 Å². The van der Waals surface area contributed by atoms with Crippen LogP contribution in [0.3, 0.4) is 0 Å². The number of rotatable bonds is 5. The molecule has 104 valence electrons. The fourth-order valence-electron chi connectivity index (χ4n) is 1.55. The van der Waals surface area contributed by atoms with Crippen LogP contribution < -0.4 is 9.47 Å². The van der Waals surface area contributed by atoms with Crippen LogP contribution in [0.4, 0.5) is 4.39 Å². The maximum atomic E-state index is 13.7. The molecule has 1 N–H and O–H groups in total. The summed E-state index contributed by atoms with van der Waals surface area (Å²) in [6.07, 6.45) is 2.58. The van der Waals surface area contributed by atoms with E-state index in [4.69, 9.17) is 14.6 Å². The van der Waals surface area contributed by atoms with E-state index in [-0.39, 0.29) is 17.9 Å². The Bertz CT molecular complexity index is 630. The van der Waals surface area contributed by atoms with Crippen molar-refractivity contribution in [2.45, 2.75) is 6.61 Å². The molecule has 0 unspecified atom stereocenters. The molecule has 20 heavy (non-hydrogen) atoms. The summed E-state index contributed by atoms with van der Waals surface area (Å²) in [7, 11) is 1.45. The summed E-state index contributed by atoms with van der Waals surface area (Å²) in [6.45, 7) is -0.0272. The van der Waals surface area contributed by atoms with Crippen molar-refractivity contribution in [3.8, 4) is 11.5 Å². The van der Waals surface area contributed by atoms with Crippen LogP contribution in [0.15, 0.2) is 36.7 Å². The number of pyridine rings is 1. The van der Waals surface area contributed by atoms with E-state index in [0.717, 1.165) is 0 Å². The molecule has 0 aliphatic rings. The molecule has 0 saturated carbocycles. The minimum atomic E-state index is -1.10. The Morgan fingerprint density at radius 3 is 2.75 bits per heavy atom. The van der Waals surface area contributed by atoms with E-state index in [1.807, 2.05) is 0 Å². The molecule has 0 bridgehead atoms. The van der Waals surface area contributed by atoms with Crippen LogP contribution in [0, 0.1) is 5.82 Å². The SMILES string of the molecule is COc1ccc(COc2cncc(C(=O)O)c2)c(F)c1. The molecule has 0 fully saturated rings. The molecular formula is C14H12FNO4. The van der Waals surface area contributed by atoms with Gasteiger partial charge in [0.2, 0.25) is 0 Å². The third-order valence-electron chi connectivity index (χ3n) is 2.61. The monoisotopic (exact) mass is 277 g/mol. The highest BCUT2D eigenvalue weighted by Crippen LogP contribution is 2.19. The number of ether oxygens (including phenoxy) is 2. The molecule has 5 nitrogen and oxygen atoms in total. The minimum absolute atomic E-state index is 0.0118. The van der Waals surface area contributed by atoms with Crippen LogP contribution >= 0.6 is 0 Å². The van der Waals surface area contributed by atoms with Crippen molar-refractivity contribution < 1.29 is 23.8 Å². The number of nitrogens with zero attached hydrogens (tertiary/aromatic N) is 1. The van der Waals surface area contributed by atoms with Crippen molar-refractivity contribution in [1.29, 1.82) is 0 Å². The molecule has 0 saturated heterocycles. The summed E-state index contributed by atoms with van der Waals surface area (Å²) in [5.41, 5.74) is 0.351. The van der Waals surface area contributed by atoms with Crippen LogP contribution in [-0.4, -0.2) is 23.2 Å². The van der Waals surface area contributed by atoms with Crippen LogP contribution in [0.5, 0.6) is 11.5 Å². The second-order valence-corrected chi connectivity index (χ2v) is 3.96. The number of carbonyl (C=O) groups is 1. The molecule has 0 spiro atoms. The predicted molar refractivity (Wildman–Crippen MR) is 68.5 cm³/mol. The van der Waals surface area contributed by atoms with E-state index >= 15 is 0 Å². The van der Waals surface area contributed by atoms with Crippen molar-refractivity contribution in [2.75, 3.05) is 7.11 Å². The Kier molecular flexibility index (Phi) is 4.14. The summed E-state index contributed by atoms with van der Waals surface area (Å²) in [4.78, 5) is 14.5. The number of halogens is 1. The topological polar surface area (TPSA) is 68.7 Å². The Hall–Kier alpha value is -2.63. The van der Waals surface area contributed by atoms with Crippen molar-refractivity contribution in [1.82, 2.24) is 4.98 Å². The van der Waals surface area contributed by atoms with Gasteiger partial charge in [-0.05, 0) is 18.2 Å². The maximum absolute atomic E-state index is 13.7. The van der Waals surface area contributed by atoms with E-state index in [2.05, 4.69) is 4.98 Å². The number of hydrogen-bond acceptors (Lipinski definition) is 4. The molecule has 0 aliphatic carbocycles. The zero-order valence-corrected chi connectivity index (χ0v) is 10.7. The van der Waals surface area contributed by atoms with Crippen LogP contribution in [-0.2, 0) is 6.61 Å². The summed E-state index contributed by atoms with van der Waals surface area (Å²) >= 11 is 0. The number of methoxy groups -OCH3 is 1. The maximum Gasteiger partial charge on any atom is 0.337 e. The lowest BCUT2D eigenvalue weighted by atomic mass is 10.2. The van der Waals surface area contributed by atoms with Crippen molar-refractivity contribution >= 4 is 5.97 Å². The Morgan fingerprint density at radius 1 is 1.30 bits per heavy atom. The zero-order valence-electron chi connectivity index (χ0n) is 10.7. The van der Waals surface area contributed by atoms with Gasteiger partial charge >= 0.3 is 5.97 Å². The highest BCUT2D eigenvalue weighted by atomic mass is 19.1. The molecule has 1 aromatic heterocycles. The van der Waals surface area contributed by atoms with Crippen LogP contribution in [0.2, 0.25) is 0 Å². The van der Waals surface area contributed by atoms with Gasteiger partial charge in [-0.2, -0.15) is 0 Å². The van der Waals surface area contributed by atoms with Gasteiger partial charge in [0.25, 0.3) is 0 Å². The van der Waals surface area contributed by atoms with Gasteiger partial charge in [0, 0.05) is 17.8 Å². The first-order chi connectivity index (χ1) is 9.60. The second kappa shape index (κ2) is 6.01. The summed E-state index contributed by atoms with van der Waals surface area (Å²) < 4.78 is 23.9. The number of carboxylic acid groups (broad SMARTS) is 1. The summed E-state index contributed by atoms with van der Waals surface area (Å²) in [5, 5.41) is 8.83. The van der Waals surface area contributed by atoms with Gasteiger partial charge in [0.15, 0.2) is 0 Å². The molecule has 6 heteroatoms. The number of carboxylic acids is 1. The highest BCUT2D eigenvalue weighted by molar-refractivity contribution is 5.87. The quantitative estimate of drug-likeness (QED) is 0.909. The van der Waals surface area contributed by atoms with E-state index in [1.54, 1.807) is 12.1 Å². The van der Waals surface area contributed by atoms with Gasteiger partial charge in [-0.1, -0.05) is 0 Å². The molecule has 2 aromatic rings. The number of benzene rings is 1. The minimum Gasteiger partial charge on any atom is -0.497 e. The standard InChI is InChI=1S/C14H12FNO4/c1-19-11-3-2-9(13(15)5-11)8-20-12-4-10(14(17)18)6-16-7-12/h2-7H,8H2,1H3,(H,17,18). The number of aromatic nitrogens is 1. The molecule has 0 aliphatic heterocycles. The van der Waals surface area contributed by atoms with Gasteiger partial charge in [-0.15, -0.1) is 0 Å². The molecule has 2 rings (SSSR count). The summed E-state index contributed by atoms with van der Waals surface area (Å²) in [6, 6.07) is 5.75. The number of hydrogen-bond donors (Lipinski definition) is 1. The lowest BCUT2D eigenvalue weighted by Crippen LogP contribution is -2.02. The average molecular weight is 277 g/mol. The molecular weight excluding hydrogens is 265 g/mol. The molecule has 1 heterocycles. The van der Waals surface area contributed by atoms with Crippen LogP contribution in [0.1, 0.15) is 15.9 Å². The zero-order chi connectivity index (χ0) is 14.5. The first-order valence-electron chi connectivity index (χ1n) is 5.73. The fraction of sp³-hybridized carbons (Fsp3) is 0.143. The lowest BCUT2D eigenvalue weighted by Gasteiger charge is -2.08. The van der Waals surface area contributed by atoms with Gasteiger partial charge in [0.1, 0.15) is 23.9 Å². The smallest absolute Gasteiger partial charge is 0.337 e. The predicted octanol–water partition coefficient (Wildman–Crippen LogP) is 2.51. The van der Waals surface area contributed by atoms with Crippen molar-refractivity contribution in [3.63, 3.8) is 0 Å². The third-order valence-corrected chi connectivity index (χ3v) is 2.61. The largest absolute Gasteiger partial charge is 0.497 e. The summed E-state index contributed by atoms with van der Waals surface area (Å²) in [5.74, 6) is -0.869. The normalized spacial score (nSPS) is 10.1. The molecule has 0 amide bonds. The average Bonchev–Trinajstić information content (AvgIpc) is 2.46. The van der Waals surface area contributed by atoms with E-state index in [0.29, 0.717) is 11.3 Å². The second-order valence-electron chi connectivity index (χ2n) is 3.96. The molecule has 1 aromatic carbocycles. The number of aromatic carboxylic acids is 1. The van der Waals surface area contributed by atoms with Crippen molar-refractivity contribution in [3.05, 3.63) is 53.6 Å². The fourth-order valence-corrected chi connectivity index (χ4v) is 1.55. The highest BCUT2D eigenvalue weighted by Gasteiger charge is 2.07.